The highest BCUT2D eigenvalue weighted by molar-refractivity contribution is 6.32. The van der Waals surface area contributed by atoms with E-state index in [-0.39, 0.29) is 51.0 Å². The molecule has 4 rings (SSSR count). The van der Waals surface area contributed by atoms with E-state index in [1.165, 1.54) is 24.3 Å². The minimum Gasteiger partial charge on any atom is -0.507 e. The number of benzene rings is 2. The van der Waals surface area contributed by atoms with Crippen molar-refractivity contribution in [2.75, 3.05) is 0 Å². The van der Waals surface area contributed by atoms with Gasteiger partial charge in [-0.15, -0.1) is 0 Å². The van der Waals surface area contributed by atoms with E-state index >= 15 is 0 Å². The molecule has 0 radical (unpaired) electrons. The molecule has 0 saturated carbocycles. The van der Waals surface area contributed by atoms with Crippen LogP contribution in [0.25, 0.3) is 0 Å². The van der Waals surface area contributed by atoms with Gasteiger partial charge in [-0.25, -0.2) is 0 Å². The Labute approximate surface area is 143 Å². The number of ketones is 3. The lowest BCUT2D eigenvalue weighted by Crippen LogP contribution is -2.28. The molecular formula is C20H16O5. The monoisotopic (exact) mass is 336 g/mol. The fourth-order valence-corrected chi connectivity index (χ4v) is 3.92. The standard InChI is InChI=1S/C20H16O5/c1-2-9-6-10-8-14(23)17-18(15(10)13(22)7-9)19(24)11-4-3-5-12(21)16(11)20(17)25/h3-5,8-9,21,23H,2,6-7H2,1H3/t9-/m1/s1. The minimum atomic E-state index is -0.631. The zero-order valence-electron chi connectivity index (χ0n) is 13.6. The van der Waals surface area contributed by atoms with Crippen LogP contribution in [0.3, 0.4) is 0 Å². The van der Waals surface area contributed by atoms with E-state index in [2.05, 4.69) is 0 Å². The number of aromatic hydroxyl groups is 2. The van der Waals surface area contributed by atoms with Gasteiger partial charge in [0.05, 0.1) is 11.1 Å². The summed E-state index contributed by atoms with van der Waals surface area (Å²) in [5, 5.41) is 20.4. The number of hydrogen-bond acceptors (Lipinski definition) is 5. The summed E-state index contributed by atoms with van der Waals surface area (Å²) < 4.78 is 0. The molecule has 0 aromatic heterocycles. The van der Waals surface area contributed by atoms with Crippen molar-refractivity contribution in [2.45, 2.75) is 26.2 Å². The van der Waals surface area contributed by atoms with Crippen molar-refractivity contribution in [1.29, 1.82) is 0 Å². The Balaban J connectivity index is 2.03. The Morgan fingerprint density at radius 1 is 0.920 bits per heavy atom. The van der Waals surface area contributed by atoms with Crippen molar-refractivity contribution in [3.63, 3.8) is 0 Å². The molecule has 5 nitrogen and oxygen atoms in total. The summed E-state index contributed by atoms with van der Waals surface area (Å²) >= 11 is 0. The van der Waals surface area contributed by atoms with Gasteiger partial charge in [-0.05, 0) is 30.0 Å². The van der Waals surface area contributed by atoms with E-state index in [1.54, 1.807) is 0 Å². The highest BCUT2D eigenvalue weighted by atomic mass is 16.3. The zero-order valence-corrected chi connectivity index (χ0v) is 13.6. The Morgan fingerprint density at radius 3 is 2.40 bits per heavy atom. The number of rotatable bonds is 1. The first kappa shape index (κ1) is 15.6. The van der Waals surface area contributed by atoms with E-state index in [0.29, 0.717) is 18.4 Å². The molecule has 2 aromatic rings. The van der Waals surface area contributed by atoms with Crippen molar-refractivity contribution >= 4 is 17.3 Å². The van der Waals surface area contributed by atoms with Crippen LogP contribution in [-0.4, -0.2) is 27.6 Å². The molecule has 25 heavy (non-hydrogen) atoms. The number of phenols is 2. The first-order chi connectivity index (χ1) is 11.9. The summed E-state index contributed by atoms with van der Waals surface area (Å²) in [4.78, 5) is 38.5. The van der Waals surface area contributed by atoms with E-state index in [1.807, 2.05) is 6.92 Å². The maximum atomic E-state index is 13.0. The Hall–Kier alpha value is -2.95. The van der Waals surface area contributed by atoms with Gasteiger partial charge in [-0.1, -0.05) is 25.5 Å². The second-order valence-corrected chi connectivity index (χ2v) is 6.64. The third-order valence-electron chi connectivity index (χ3n) is 5.20. The van der Waals surface area contributed by atoms with E-state index in [0.717, 1.165) is 6.42 Å². The zero-order chi connectivity index (χ0) is 17.9. The molecule has 2 N–H and O–H groups in total. The third-order valence-corrected chi connectivity index (χ3v) is 5.20. The first-order valence-electron chi connectivity index (χ1n) is 8.27. The molecule has 5 heteroatoms. The van der Waals surface area contributed by atoms with Crippen molar-refractivity contribution in [1.82, 2.24) is 0 Å². The van der Waals surface area contributed by atoms with Crippen molar-refractivity contribution in [3.8, 4) is 11.5 Å². The molecule has 126 valence electrons. The molecule has 0 saturated heterocycles. The van der Waals surface area contributed by atoms with Gasteiger partial charge in [0.1, 0.15) is 11.5 Å². The van der Waals surface area contributed by atoms with Crippen molar-refractivity contribution in [3.05, 3.63) is 57.6 Å². The molecule has 2 aliphatic rings. The molecule has 2 aliphatic carbocycles. The molecule has 0 spiro atoms. The predicted octanol–water partition coefficient (Wildman–Crippen LogP) is 3.03. The number of carbonyl (C=O) groups is 3. The number of carbonyl (C=O) groups excluding carboxylic acids is 3. The second kappa shape index (κ2) is 5.28. The number of hydrogen-bond donors (Lipinski definition) is 2. The maximum Gasteiger partial charge on any atom is 0.201 e. The molecule has 0 fully saturated rings. The summed E-state index contributed by atoms with van der Waals surface area (Å²) in [7, 11) is 0. The van der Waals surface area contributed by atoms with Crippen LogP contribution in [0.5, 0.6) is 11.5 Å². The van der Waals surface area contributed by atoms with Crippen LogP contribution in [0.1, 0.15) is 67.5 Å². The largest absolute Gasteiger partial charge is 0.507 e. The number of Topliss-reactive ketones (excluding diaryl/α,β-unsaturated/α-hetero) is 1. The molecule has 0 heterocycles. The Kier molecular flexibility index (Phi) is 3.29. The predicted molar refractivity (Wildman–Crippen MR) is 89.5 cm³/mol. The second-order valence-electron chi connectivity index (χ2n) is 6.64. The number of fused-ring (bicyclic) bond motifs is 4. The summed E-state index contributed by atoms with van der Waals surface area (Å²) in [6.07, 6.45) is 1.74. The van der Waals surface area contributed by atoms with Gasteiger partial charge in [-0.3, -0.25) is 14.4 Å². The van der Waals surface area contributed by atoms with Crippen LogP contribution < -0.4 is 0 Å². The number of phenolic OH excluding ortho intramolecular Hbond substituents is 2. The van der Waals surface area contributed by atoms with Crippen LogP contribution in [-0.2, 0) is 6.42 Å². The average molecular weight is 336 g/mol. The lowest BCUT2D eigenvalue weighted by atomic mass is 9.73. The Bertz CT molecular complexity index is 971. The van der Waals surface area contributed by atoms with Gasteiger partial charge in [0.2, 0.25) is 5.78 Å². The molecule has 2 aromatic carbocycles. The van der Waals surface area contributed by atoms with Gasteiger partial charge >= 0.3 is 0 Å². The van der Waals surface area contributed by atoms with Crippen LogP contribution in [0.15, 0.2) is 24.3 Å². The minimum absolute atomic E-state index is 0.0161. The highest BCUT2D eigenvalue weighted by Crippen LogP contribution is 2.42. The van der Waals surface area contributed by atoms with Gasteiger partial charge in [0, 0.05) is 23.1 Å². The summed E-state index contributed by atoms with van der Waals surface area (Å²) in [5.41, 5.74) is 0.619. The topological polar surface area (TPSA) is 91.7 Å². The van der Waals surface area contributed by atoms with Gasteiger partial charge < -0.3 is 10.2 Å². The SMILES string of the molecule is CC[C@H]1CC(=O)c2c(cc(O)c3c2C(=O)c2cccc(O)c2C3=O)C1. The van der Waals surface area contributed by atoms with Gasteiger partial charge in [0.25, 0.3) is 0 Å². The molecule has 0 unspecified atom stereocenters. The van der Waals surface area contributed by atoms with Crippen molar-refractivity contribution < 1.29 is 24.6 Å². The highest BCUT2D eigenvalue weighted by Gasteiger charge is 2.40. The molecule has 1 atom stereocenters. The van der Waals surface area contributed by atoms with Gasteiger partial charge in [-0.2, -0.15) is 0 Å². The molecule has 0 aliphatic heterocycles. The maximum absolute atomic E-state index is 13.0. The molecule has 0 bridgehead atoms. The van der Waals surface area contributed by atoms with Crippen molar-refractivity contribution in [2.24, 2.45) is 5.92 Å². The quantitative estimate of drug-likeness (QED) is 0.713. The third kappa shape index (κ3) is 2.05. The fraction of sp³-hybridized carbons (Fsp3) is 0.250. The van der Waals surface area contributed by atoms with Crippen LogP contribution in [0.2, 0.25) is 0 Å². The summed E-state index contributed by atoms with van der Waals surface area (Å²) in [5.74, 6) is -1.76. The van der Waals surface area contributed by atoms with Crippen LogP contribution in [0.4, 0.5) is 0 Å². The lowest BCUT2D eigenvalue weighted by molar-refractivity contribution is 0.0930. The Morgan fingerprint density at radius 2 is 1.68 bits per heavy atom. The summed E-state index contributed by atoms with van der Waals surface area (Å²) in [6.45, 7) is 1.99. The van der Waals surface area contributed by atoms with E-state index in [9.17, 15) is 24.6 Å². The normalized spacial score (nSPS) is 18.6. The van der Waals surface area contributed by atoms with Crippen LogP contribution >= 0.6 is 0 Å². The average Bonchev–Trinajstić information content (AvgIpc) is 2.58. The molecular weight excluding hydrogens is 320 g/mol. The molecule has 0 amide bonds. The summed E-state index contributed by atoms with van der Waals surface area (Å²) in [6, 6.07) is 5.68. The smallest absolute Gasteiger partial charge is 0.201 e. The lowest BCUT2D eigenvalue weighted by Gasteiger charge is -2.28. The van der Waals surface area contributed by atoms with E-state index in [4.69, 9.17) is 0 Å². The fourth-order valence-electron chi connectivity index (χ4n) is 3.92. The first-order valence-corrected chi connectivity index (χ1v) is 8.27. The van der Waals surface area contributed by atoms with E-state index < -0.39 is 11.6 Å². The van der Waals surface area contributed by atoms with Gasteiger partial charge in [0.15, 0.2) is 11.6 Å². The van der Waals surface area contributed by atoms with Crippen LogP contribution in [0, 0.1) is 5.92 Å².